The van der Waals surface area contributed by atoms with Crippen LogP contribution < -0.4 is 5.32 Å². The van der Waals surface area contributed by atoms with Crippen LogP contribution in [0.4, 0.5) is 0 Å². The van der Waals surface area contributed by atoms with Gasteiger partial charge in [0.15, 0.2) is 5.76 Å². The van der Waals surface area contributed by atoms with E-state index in [1.54, 1.807) is 0 Å². The lowest BCUT2D eigenvalue weighted by Gasteiger charge is -2.25. The topological polar surface area (TPSA) is 44.5 Å². The van der Waals surface area contributed by atoms with Gasteiger partial charge in [-0.15, -0.1) is 0 Å². The summed E-state index contributed by atoms with van der Waals surface area (Å²) in [6.45, 7) is 3.94. The SMILES string of the molecule is CNCc1cc(CN2CCCC2CN(C)C)on1. The van der Waals surface area contributed by atoms with E-state index in [-0.39, 0.29) is 0 Å². The molecular weight excluding hydrogens is 228 g/mol. The van der Waals surface area contributed by atoms with E-state index in [1.165, 1.54) is 19.4 Å². The summed E-state index contributed by atoms with van der Waals surface area (Å²) in [6.07, 6.45) is 2.58. The van der Waals surface area contributed by atoms with Crippen LogP contribution in [0.5, 0.6) is 0 Å². The molecule has 102 valence electrons. The Morgan fingerprint density at radius 2 is 2.39 bits per heavy atom. The minimum Gasteiger partial charge on any atom is -0.360 e. The number of nitrogens with one attached hydrogen (secondary N) is 1. The van der Waals surface area contributed by atoms with Gasteiger partial charge in [-0.3, -0.25) is 4.90 Å². The molecule has 1 atom stereocenters. The molecular formula is C13H24N4O. The molecule has 1 aliphatic heterocycles. The van der Waals surface area contributed by atoms with Crippen LogP contribution in [0.15, 0.2) is 10.6 Å². The maximum Gasteiger partial charge on any atom is 0.151 e. The van der Waals surface area contributed by atoms with E-state index < -0.39 is 0 Å². The molecule has 5 nitrogen and oxygen atoms in total. The van der Waals surface area contributed by atoms with Gasteiger partial charge in [0.25, 0.3) is 0 Å². The first kappa shape index (κ1) is 13.5. The summed E-state index contributed by atoms with van der Waals surface area (Å²) in [4.78, 5) is 4.76. The zero-order valence-electron chi connectivity index (χ0n) is 11.6. The normalized spacial score (nSPS) is 21.0. The summed E-state index contributed by atoms with van der Waals surface area (Å²) in [6, 6.07) is 2.71. The van der Waals surface area contributed by atoms with Crippen molar-refractivity contribution in [1.29, 1.82) is 0 Å². The van der Waals surface area contributed by atoms with Crippen molar-refractivity contribution < 1.29 is 4.52 Å². The first-order valence-corrected chi connectivity index (χ1v) is 6.67. The van der Waals surface area contributed by atoms with E-state index in [2.05, 4.69) is 40.4 Å². The maximum absolute atomic E-state index is 5.39. The molecule has 0 amide bonds. The molecule has 1 fully saturated rings. The number of aromatic nitrogens is 1. The molecule has 2 heterocycles. The lowest BCUT2D eigenvalue weighted by atomic mass is 10.2. The van der Waals surface area contributed by atoms with Crippen molar-refractivity contribution in [2.24, 2.45) is 0 Å². The highest BCUT2D eigenvalue weighted by molar-refractivity contribution is 5.05. The lowest BCUT2D eigenvalue weighted by molar-refractivity contribution is 0.182. The highest BCUT2D eigenvalue weighted by Gasteiger charge is 2.25. The van der Waals surface area contributed by atoms with Crippen LogP contribution in [0.2, 0.25) is 0 Å². The molecule has 0 saturated carbocycles. The Morgan fingerprint density at radius 3 is 3.11 bits per heavy atom. The largest absolute Gasteiger partial charge is 0.360 e. The molecule has 18 heavy (non-hydrogen) atoms. The Hall–Kier alpha value is -0.910. The van der Waals surface area contributed by atoms with Gasteiger partial charge in [-0.2, -0.15) is 0 Å². The van der Waals surface area contributed by atoms with Crippen molar-refractivity contribution in [3.8, 4) is 0 Å². The summed E-state index contributed by atoms with van der Waals surface area (Å²) < 4.78 is 5.39. The minimum atomic E-state index is 0.651. The Labute approximate surface area is 109 Å². The average molecular weight is 252 g/mol. The summed E-state index contributed by atoms with van der Waals surface area (Å²) in [5.41, 5.74) is 0.982. The number of rotatable bonds is 6. The van der Waals surface area contributed by atoms with Crippen molar-refractivity contribution in [2.75, 3.05) is 34.2 Å². The zero-order chi connectivity index (χ0) is 13.0. The highest BCUT2D eigenvalue weighted by Crippen LogP contribution is 2.20. The van der Waals surface area contributed by atoms with Crippen LogP contribution in [-0.2, 0) is 13.1 Å². The van der Waals surface area contributed by atoms with Gasteiger partial charge < -0.3 is 14.7 Å². The fourth-order valence-corrected chi connectivity index (χ4v) is 2.63. The van der Waals surface area contributed by atoms with Crippen molar-refractivity contribution >= 4 is 0 Å². The van der Waals surface area contributed by atoms with Crippen LogP contribution in [0.1, 0.15) is 24.3 Å². The van der Waals surface area contributed by atoms with Crippen molar-refractivity contribution in [3.63, 3.8) is 0 Å². The Kier molecular flexibility index (Phi) is 4.74. The Balaban J connectivity index is 1.90. The van der Waals surface area contributed by atoms with Gasteiger partial charge in [0, 0.05) is 25.2 Å². The first-order chi connectivity index (χ1) is 8.69. The second-order valence-electron chi connectivity index (χ2n) is 5.34. The molecule has 1 aromatic heterocycles. The molecule has 5 heteroatoms. The van der Waals surface area contributed by atoms with Gasteiger partial charge >= 0.3 is 0 Å². The van der Waals surface area contributed by atoms with Gasteiger partial charge in [0.2, 0.25) is 0 Å². The Morgan fingerprint density at radius 1 is 1.56 bits per heavy atom. The quantitative estimate of drug-likeness (QED) is 0.815. The number of likely N-dealkylation sites (tertiary alicyclic amines) is 1. The molecule has 1 saturated heterocycles. The summed E-state index contributed by atoms with van der Waals surface area (Å²) in [5.74, 6) is 0.978. The third kappa shape index (κ3) is 3.54. The van der Waals surface area contributed by atoms with E-state index in [0.717, 1.165) is 31.1 Å². The van der Waals surface area contributed by atoms with Crippen molar-refractivity contribution in [2.45, 2.75) is 32.0 Å². The number of hydrogen-bond acceptors (Lipinski definition) is 5. The molecule has 1 N–H and O–H groups in total. The van der Waals surface area contributed by atoms with Gasteiger partial charge in [0.1, 0.15) is 0 Å². The fourth-order valence-electron chi connectivity index (χ4n) is 2.63. The first-order valence-electron chi connectivity index (χ1n) is 6.67. The van der Waals surface area contributed by atoms with Crippen LogP contribution in [0, 0.1) is 0 Å². The standard InChI is InChI=1S/C13H24N4O/c1-14-8-11-7-13(18-15-11)10-17-6-4-5-12(17)9-16(2)3/h7,12,14H,4-6,8-10H2,1-3H3. The van der Waals surface area contributed by atoms with Crippen LogP contribution in [0.3, 0.4) is 0 Å². The van der Waals surface area contributed by atoms with Crippen molar-refractivity contribution in [1.82, 2.24) is 20.3 Å². The van der Waals surface area contributed by atoms with Crippen LogP contribution >= 0.6 is 0 Å². The van der Waals surface area contributed by atoms with E-state index in [4.69, 9.17) is 4.52 Å². The number of likely N-dealkylation sites (N-methyl/N-ethyl adjacent to an activating group) is 1. The number of nitrogens with zero attached hydrogens (tertiary/aromatic N) is 3. The molecule has 1 aromatic rings. The molecule has 0 aromatic carbocycles. The van der Waals surface area contributed by atoms with Gasteiger partial charge in [-0.25, -0.2) is 0 Å². The third-order valence-corrected chi connectivity index (χ3v) is 3.40. The number of hydrogen-bond donors (Lipinski definition) is 1. The predicted molar refractivity (Wildman–Crippen MR) is 71.3 cm³/mol. The predicted octanol–water partition coefficient (Wildman–Crippen LogP) is 0.920. The second kappa shape index (κ2) is 6.31. The lowest BCUT2D eigenvalue weighted by Crippen LogP contribution is -2.36. The molecule has 0 bridgehead atoms. The van der Waals surface area contributed by atoms with E-state index in [1.807, 2.05) is 7.05 Å². The monoisotopic (exact) mass is 252 g/mol. The average Bonchev–Trinajstić information content (AvgIpc) is 2.90. The molecule has 0 aliphatic carbocycles. The highest BCUT2D eigenvalue weighted by atomic mass is 16.5. The summed E-state index contributed by atoms with van der Waals surface area (Å²) in [7, 11) is 6.19. The zero-order valence-corrected chi connectivity index (χ0v) is 11.6. The third-order valence-electron chi connectivity index (χ3n) is 3.40. The summed E-state index contributed by atoms with van der Waals surface area (Å²) >= 11 is 0. The van der Waals surface area contributed by atoms with Gasteiger partial charge in [0.05, 0.1) is 12.2 Å². The molecule has 0 spiro atoms. The van der Waals surface area contributed by atoms with E-state index >= 15 is 0 Å². The molecule has 1 aliphatic rings. The van der Waals surface area contributed by atoms with Crippen molar-refractivity contribution in [3.05, 3.63) is 17.5 Å². The molecule has 0 radical (unpaired) electrons. The minimum absolute atomic E-state index is 0.651. The fraction of sp³-hybridized carbons (Fsp3) is 0.769. The van der Waals surface area contributed by atoms with Gasteiger partial charge in [-0.05, 0) is 40.5 Å². The Bertz CT molecular complexity index is 364. The molecule has 1 unspecified atom stereocenters. The summed E-state index contributed by atoms with van der Waals surface area (Å²) in [5, 5.41) is 7.14. The smallest absolute Gasteiger partial charge is 0.151 e. The van der Waals surface area contributed by atoms with Crippen LogP contribution in [-0.4, -0.2) is 55.2 Å². The maximum atomic E-state index is 5.39. The molecule has 2 rings (SSSR count). The van der Waals surface area contributed by atoms with Gasteiger partial charge in [-0.1, -0.05) is 5.16 Å². The van der Waals surface area contributed by atoms with E-state index in [0.29, 0.717) is 6.04 Å². The van der Waals surface area contributed by atoms with E-state index in [9.17, 15) is 0 Å². The second-order valence-corrected chi connectivity index (χ2v) is 5.34. The van der Waals surface area contributed by atoms with Crippen LogP contribution in [0.25, 0.3) is 0 Å².